The number of aromatic hydroxyl groups is 1. The zero-order valence-electron chi connectivity index (χ0n) is 19.5. The van der Waals surface area contributed by atoms with Crippen molar-refractivity contribution in [3.05, 3.63) is 65.2 Å². The van der Waals surface area contributed by atoms with Crippen molar-refractivity contribution in [3.63, 3.8) is 0 Å². The first kappa shape index (κ1) is 24.3. The maximum Gasteiger partial charge on any atom is 0.295 e. The number of hydrogen-bond acceptors (Lipinski definition) is 6. The van der Waals surface area contributed by atoms with Crippen LogP contribution in [0.2, 0.25) is 0 Å². The molecule has 7 nitrogen and oxygen atoms in total. The lowest BCUT2D eigenvalue weighted by atomic mass is 9.95. The fraction of sp³-hybridized carbons (Fsp3) is 0.385. The number of nitrogens with zero attached hydrogens (tertiary/aromatic N) is 2. The monoisotopic (exact) mass is 452 g/mol. The summed E-state index contributed by atoms with van der Waals surface area (Å²) in [5.74, 6) is -0.824. The molecule has 1 atom stereocenters. The predicted molar refractivity (Wildman–Crippen MR) is 127 cm³/mol. The molecule has 1 aliphatic rings. The van der Waals surface area contributed by atoms with Gasteiger partial charge in [-0.3, -0.25) is 9.59 Å². The Balaban J connectivity index is 1.95. The number of ether oxygens (including phenoxy) is 1. The first-order valence-electron chi connectivity index (χ1n) is 11.3. The third kappa shape index (κ3) is 5.73. The number of phenols is 1. The average Bonchev–Trinajstić information content (AvgIpc) is 3.05. The molecule has 1 aliphatic heterocycles. The molecular weight excluding hydrogens is 420 g/mol. The van der Waals surface area contributed by atoms with Gasteiger partial charge >= 0.3 is 0 Å². The molecule has 1 fully saturated rings. The fourth-order valence-corrected chi connectivity index (χ4v) is 3.83. The molecule has 1 saturated heterocycles. The average molecular weight is 453 g/mol. The number of unbranched alkanes of at least 4 members (excludes halogenated alkanes) is 2. The molecule has 3 rings (SSSR count). The van der Waals surface area contributed by atoms with Crippen molar-refractivity contribution in [3.8, 4) is 11.5 Å². The number of amides is 1. The first-order chi connectivity index (χ1) is 15.8. The molecule has 0 aliphatic carbocycles. The number of rotatable bonds is 10. The molecule has 7 heteroatoms. The summed E-state index contributed by atoms with van der Waals surface area (Å²) in [6.07, 6.45) is 3.19. The minimum absolute atomic E-state index is 0.0426. The van der Waals surface area contributed by atoms with Crippen LogP contribution in [-0.4, -0.2) is 65.5 Å². The third-order valence-electron chi connectivity index (χ3n) is 5.68. The second kappa shape index (κ2) is 11.0. The molecular formula is C26H32N2O5. The topological polar surface area (TPSA) is 90.3 Å². The van der Waals surface area contributed by atoms with Gasteiger partial charge in [0, 0.05) is 18.7 Å². The number of carbonyl (C=O) groups excluding carboxylic acids is 2. The summed E-state index contributed by atoms with van der Waals surface area (Å²) in [7, 11) is 3.77. The second-order valence-electron chi connectivity index (χ2n) is 8.47. The number of benzene rings is 2. The van der Waals surface area contributed by atoms with Gasteiger partial charge in [0.1, 0.15) is 17.3 Å². The van der Waals surface area contributed by atoms with Crippen LogP contribution >= 0.6 is 0 Å². The highest BCUT2D eigenvalue weighted by atomic mass is 16.5. The number of likely N-dealkylation sites (N-methyl/N-ethyl adjacent to an activating group) is 1. The Labute approximate surface area is 194 Å². The molecule has 0 radical (unpaired) electrons. The van der Waals surface area contributed by atoms with Gasteiger partial charge in [-0.1, -0.05) is 31.9 Å². The van der Waals surface area contributed by atoms with Gasteiger partial charge in [0.05, 0.1) is 18.2 Å². The van der Waals surface area contributed by atoms with E-state index in [4.69, 9.17) is 4.74 Å². The zero-order valence-corrected chi connectivity index (χ0v) is 19.5. The Hall–Kier alpha value is -3.32. The largest absolute Gasteiger partial charge is 0.508 e. The van der Waals surface area contributed by atoms with Gasteiger partial charge in [-0.2, -0.15) is 0 Å². The van der Waals surface area contributed by atoms with Crippen LogP contribution in [0.5, 0.6) is 11.5 Å². The number of carbonyl (C=O) groups is 2. The number of aliphatic hydroxyl groups excluding tert-OH is 1. The van der Waals surface area contributed by atoms with E-state index in [1.54, 1.807) is 36.4 Å². The van der Waals surface area contributed by atoms with Gasteiger partial charge in [0.2, 0.25) is 0 Å². The van der Waals surface area contributed by atoms with E-state index in [1.807, 2.05) is 19.0 Å². The van der Waals surface area contributed by atoms with Crippen molar-refractivity contribution < 1.29 is 24.5 Å². The second-order valence-corrected chi connectivity index (χ2v) is 8.47. The Morgan fingerprint density at radius 3 is 2.30 bits per heavy atom. The summed E-state index contributed by atoms with van der Waals surface area (Å²) in [6.45, 7) is 3.64. The lowest BCUT2D eigenvalue weighted by Gasteiger charge is -2.26. The number of phenolic OH excluding ortho intramolecular Hbond substituents is 1. The highest BCUT2D eigenvalue weighted by Gasteiger charge is 2.45. The van der Waals surface area contributed by atoms with Gasteiger partial charge in [0.15, 0.2) is 0 Å². The number of hydrogen-bond donors (Lipinski definition) is 2. The van der Waals surface area contributed by atoms with Crippen LogP contribution in [0, 0.1) is 0 Å². The van der Waals surface area contributed by atoms with Crippen molar-refractivity contribution in [2.45, 2.75) is 32.2 Å². The van der Waals surface area contributed by atoms with Crippen molar-refractivity contribution in [1.29, 1.82) is 0 Å². The molecule has 176 valence electrons. The molecule has 0 bridgehead atoms. The van der Waals surface area contributed by atoms with Gasteiger partial charge in [0.25, 0.3) is 11.7 Å². The van der Waals surface area contributed by atoms with Crippen LogP contribution in [0.25, 0.3) is 5.76 Å². The molecule has 0 saturated carbocycles. The van der Waals surface area contributed by atoms with E-state index in [0.29, 0.717) is 36.6 Å². The Morgan fingerprint density at radius 2 is 1.70 bits per heavy atom. The van der Waals surface area contributed by atoms with Crippen LogP contribution in [0.3, 0.4) is 0 Å². The molecule has 0 spiro atoms. The zero-order chi connectivity index (χ0) is 24.0. The number of ketones is 1. The Morgan fingerprint density at radius 1 is 1.03 bits per heavy atom. The standard InChI is InChI=1S/C26H32N2O5/c1-4-5-6-17-33-21-13-9-19(10-14-21)24(30)22-23(18-7-11-20(29)12-8-18)28(16-15-27(2)3)26(32)25(22)31/h7-14,23,29-30H,4-6,15-17H2,1-3H3/b24-22-. The highest BCUT2D eigenvalue weighted by molar-refractivity contribution is 6.46. The summed E-state index contributed by atoms with van der Waals surface area (Å²) >= 11 is 0. The number of likely N-dealkylation sites (tertiary alicyclic amines) is 1. The van der Waals surface area contributed by atoms with Gasteiger partial charge in [-0.05, 0) is 62.5 Å². The Kier molecular flexibility index (Phi) is 8.11. The van der Waals surface area contributed by atoms with Crippen LogP contribution in [0.4, 0.5) is 0 Å². The van der Waals surface area contributed by atoms with Crippen molar-refractivity contribution in [2.75, 3.05) is 33.8 Å². The van der Waals surface area contributed by atoms with Gasteiger partial charge in [-0.15, -0.1) is 0 Å². The summed E-state index contributed by atoms with van der Waals surface area (Å²) < 4.78 is 5.72. The molecule has 2 aromatic carbocycles. The van der Waals surface area contributed by atoms with E-state index in [9.17, 15) is 19.8 Å². The highest BCUT2D eigenvalue weighted by Crippen LogP contribution is 2.39. The van der Waals surface area contributed by atoms with Crippen molar-refractivity contribution in [2.24, 2.45) is 0 Å². The summed E-state index contributed by atoms with van der Waals surface area (Å²) in [6, 6.07) is 12.5. The Bertz CT molecular complexity index is 996. The normalized spacial score (nSPS) is 17.7. The molecule has 0 aromatic heterocycles. The van der Waals surface area contributed by atoms with Gasteiger partial charge in [-0.25, -0.2) is 0 Å². The quantitative estimate of drug-likeness (QED) is 0.246. The first-order valence-corrected chi connectivity index (χ1v) is 11.3. The van der Waals surface area contributed by atoms with E-state index >= 15 is 0 Å². The number of aliphatic hydroxyl groups is 1. The predicted octanol–water partition coefficient (Wildman–Crippen LogP) is 3.94. The van der Waals surface area contributed by atoms with E-state index in [0.717, 1.165) is 19.3 Å². The van der Waals surface area contributed by atoms with Crippen LogP contribution < -0.4 is 4.74 Å². The maximum atomic E-state index is 13.0. The molecule has 2 N–H and O–H groups in total. The van der Waals surface area contributed by atoms with Crippen molar-refractivity contribution >= 4 is 17.4 Å². The van der Waals surface area contributed by atoms with Gasteiger partial charge < -0.3 is 24.7 Å². The fourth-order valence-electron chi connectivity index (χ4n) is 3.83. The van der Waals surface area contributed by atoms with E-state index in [1.165, 1.54) is 17.0 Å². The minimum Gasteiger partial charge on any atom is -0.508 e. The van der Waals surface area contributed by atoms with E-state index in [-0.39, 0.29) is 17.1 Å². The van der Waals surface area contributed by atoms with Crippen LogP contribution in [0.1, 0.15) is 43.4 Å². The maximum absolute atomic E-state index is 13.0. The summed E-state index contributed by atoms with van der Waals surface area (Å²) in [5, 5.41) is 20.8. The lowest BCUT2D eigenvalue weighted by Crippen LogP contribution is -2.35. The third-order valence-corrected chi connectivity index (χ3v) is 5.68. The van der Waals surface area contributed by atoms with Crippen molar-refractivity contribution in [1.82, 2.24) is 9.80 Å². The number of Topliss-reactive ketones (excluding diaryl/α,β-unsaturated/α-hetero) is 1. The lowest BCUT2D eigenvalue weighted by molar-refractivity contribution is -0.140. The smallest absolute Gasteiger partial charge is 0.295 e. The minimum atomic E-state index is -0.740. The molecule has 33 heavy (non-hydrogen) atoms. The molecule has 2 aromatic rings. The van der Waals surface area contributed by atoms with E-state index < -0.39 is 17.7 Å². The van der Waals surface area contributed by atoms with Crippen LogP contribution in [0.15, 0.2) is 54.1 Å². The molecule has 1 heterocycles. The summed E-state index contributed by atoms with van der Waals surface area (Å²) in [5.41, 5.74) is 1.12. The molecule has 1 unspecified atom stereocenters. The molecule has 1 amide bonds. The van der Waals surface area contributed by atoms with E-state index in [2.05, 4.69) is 6.92 Å². The summed E-state index contributed by atoms with van der Waals surface area (Å²) in [4.78, 5) is 29.3. The SMILES string of the molecule is CCCCCOc1ccc(/C(O)=C2/C(=O)C(=O)N(CCN(C)C)C2c2ccc(O)cc2)cc1. The van der Waals surface area contributed by atoms with Crippen LogP contribution in [-0.2, 0) is 9.59 Å².